The van der Waals surface area contributed by atoms with Crippen LogP contribution in [0, 0.1) is 0 Å². The molecule has 0 saturated carbocycles. The maximum Gasteiger partial charge on any atom is 0.124 e. The van der Waals surface area contributed by atoms with Crippen molar-refractivity contribution in [2.75, 3.05) is 12.8 Å². The summed E-state index contributed by atoms with van der Waals surface area (Å²) in [5.41, 5.74) is 0.566. The monoisotopic (exact) mass is 241 g/mol. The van der Waals surface area contributed by atoms with Gasteiger partial charge in [-0.2, -0.15) is 11.8 Å². The first kappa shape index (κ1) is 13.2. The summed E-state index contributed by atoms with van der Waals surface area (Å²) in [4.78, 5) is 0. The number of thioether (sulfide) groups is 1. The summed E-state index contributed by atoms with van der Waals surface area (Å²) in [5.74, 6) is 0.272. The number of phenolic OH excluding ortho intramolecular Hbond substituents is 2. The Bertz CT molecular complexity index is 324. The summed E-state index contributed by atoms with van der Waals surface area (Å²) in [6.45, 7) is 4.91. The van der Waals surface area contributed by atoms with E-state index in [1.165, 1.54) is 0 Å². The van der Waals surface area contributed by atoms with Crippen molar-refractivity contribution in [1.82, 2.24) is 5.32 Å². The quantitative estimate of drug-likeness (QED) is 0.741. The van der Waals surface area contributed by atoms with Crippen LogP contribution in [0.5, 0.6) is 11.5 Å². The van der Waals surface area contributed by atoms with Crippen molar-refractivity contribution >= 4 is 11.8 Å². The number of aromatic hydroxyl groups is 2. The first-order chi connectivity index (χ1) is 7.56. The van der Waals surface area contributed by atoms with Crippen LogP contribution in [0.15, 0.2) is 18.2 Å². The van der Waals surface area contributed by atoms with Crippen LogP contribution >= 0.6 is 11.8 Å². The molecule has 2 unspecified atom stereocenters. The van der Waals surface area contributed by atoms with Gasteiger partial charge in [-0.1, -0.05) is 13.0 Å². The Balaban J connectivity index is 2.69. The molecule has 0 bridgehead atoms. The summed E-state index contributed by atoms with van der Waals surface area (Å²) in [6.07, 6.45) is 2.06. The Morgan fingerprint density at radius 3 is 2.31 bits per heavy atom. The second kappa shape index (κ2) is 6.01. The van der Waals surface area contributed by atoms with Crippen molar-refractivity contribution in [3.63, 3.8) is 0 Å². The third kappa shape index (κ3) is 3.32. The van der Waals surface area contributed by atoms with Gasteiger partial charge < -0.3 is 15.5 Å². The molecular formula is C12H19NO2S. The van der Waals surface area contributed by atoms with Gasteiger partial charge in [0.25, 0.3) is 0 Å². The van der Waals surface area contributed by atoms with Crippen LogP contribution in [0.2, 0.25) is 0 Å². The Hall–Kier alpha value is -0.870. The lowest BCUT2D eigenvalue weighted by Crippen LogP contribution is -2.25. The summed E-state index contributed by atoms with van der Waals surface area (Å²) in [7, 11) is 0. The van der Waals surface area contributed by atoms with Gasteiger partial charge in [-0.15, -0.1) is 0 Å². The average Bonchev–Trinajstić information content (AvgIpc) is 2.25. The molecule has 0 aliphatic heterocycles. The smallest absolute Gasteiger partial charge is 0.124 e. The predicted octanol–water partition coefficient (Wildman–Crippen LogP) is 2.50. The van der Waals surface area contributed by atoms with E-state index in [-0.39, 0.29) is 17.5 Å². The van der Waals surface area contributed by atoms with Crippen molar-refractivity contribution in [2.24, 2.45) is 0 Å². The molecule has 1 aromatic rings. The minimum atomic E-state index is -0.0594. The van der Waals surface area contributed by atoms with Gasteiger partial charge in [0.05, 0.1) is 5.56 Å². The lowest BCUT2D eigenvalue weighted by Gasteiger charge is -2.18. The molecule has 3 N–H and O–H groups in total. The minimum Gasteiger partial charge on any atom is -0.507 e. The van der Waals surface area contributed by atoms with E-state index in [4.69, 9.17) is 0 Å². The van der Waals surface area contributed by atoms with Gasteiger partial charge in [-0.05, 0) is 25.3 Å². The van der Waals surface area contributed by atoms with Crippen molar-refractivity contribution in [3.05, 3.63) is 23.8 Å². The fourth-order valence-corrected chi connectivity index (χ4v) is 1.78. The maximum atomic E-state index is 9.68. The first-order valence-corrected chi connectivity index (χ1v) is 6.62. The van der Waals surface area contributed by atoms with Gasteiger partial charge in [0.15, 0.2) is 0 Å². The zero-order valence-corrected chi connectivity index (χ0v) is 10.7. The molecule has 0 radical (unpaired) electrons. The summed E-state index contributed by atoms with van der Waals surface area (Å²) in [5, 5.41) is 23.2. The molecule has 1 aromatic carbocycles. The number of hydrogen-bond acceptors (Lipinski definition) is 4. The van der Waals surface area contributed by atoms with Gasteiger partial charge in [-0.25, -0.2) is 0 Å². The normalized spacial score (nSPS) is 14.7. The highest BCUT2D eigenvalue weighted by molar-refractivity contribution is 7.99. The van der Waals surface area contributed by atoms with E-state index in [1.54, 1.807) is 30.0 Å². The third-order valence-electron chi connectivity index (χ3n) is 2.61. The van der Waals surface area contributed by atoms with Gasteiger partial charge >= 0.3 is 0 Å². The van der Waals surface area contributed by atoms with E-state index < -0.39 is 0 Å². The number of benzene rings is 1. The Kier molecular flexibility index (Phi) is 4.96. The molecular weight excluding hydrogens is 222 g/mol. The van der Waals surface area contributed by atoms with Gasteiger partial charge in [0.2, 0.25) is 0 Å². The molecule has 0 fully saturated rings. The van der Waals surface area contributed by atoms with E-state index in [0.717, 1.165) is 6.54 Å². The van der Waals surface area contributed by atoms with E-state index in [2.05, 4.69) is 18.5 Å². The number of nitrogens with one attached hydrogen (secondary N) is 1. The largest absolute Gasteiger partial charge is 0.507 e. The molecule has 0 heterocycles. The molecule has 3 nitrogen and oxygen atoms in total. The zero-order chi connectivity index (χ0) is 12.1. The van der Waals surface area contributed by atoms with E-state index in [1.807, 2.05) is 6.92 Å². The van der Waals surface area contributed by atoms with Crippen LogP contribution in [-0.4, -0.2) is 28.3 Å². The molecule has 0 saturated heterocycles. The summed E-state index contributed by atoms with van der Waals surface area (Å²) >= 11 is 1.78. The summed E-state index contributed by atoms with van der Waals surface area (Å²) < 4.78 is 0. The topological polar surface area (TPSA) is 52.5 Å². The molecule has 0 amide bonds. The van der Waals surface area contributed by atoms with Crippen molar-refractivity contribution < 1.29 is 10.2 Å². The average molecular weight is 241 g/mol. The highest BCUT2D eigenvalue weighted by Crippen LogP contribution is 2.32. The fraction of sp³-hybridized carbons (Fsp3) is 0.500. The van der Waals surface area contributed by atoms with Crippen LogP contribution in [0.1, 0.15) is 25.5 Å². The minimum absolute atomic E-state index is 0.0594. The molecule has 0 spiro atoms. The molecule has 16 heavy (non-hydrogen) atoms. The molecule has 0 aliphatic rings. The van der Waals surface area contributed by atoms with Crippen molar-refractivity contribution in [1.29, 1.82) is 0 Å². The van der Waals surface area contributed by atoms with Crippen molar-refractivity contribution in [2.45, 2.75) is 25.1 Å². The predicted molar refractivity (Wildman–Crippen MR) is 69.2 cm³/mol. The van der Waals surface area contributed by atoms with E-state index in [0.29, 0.717) is 10.8 Å². The summed E-state index contributed by atoms with van der Waals surface area (Å²) in [6, 6.07) is 4.75. The number of rotatable bonds is 5. The number of hydrogen-bond donors (Lipinski definition) is 3. The van der Waals surface area contributed by atoms with E-state index in [9.17, 15) is 10.2 Å². The highest BCUT2D eigenvalue weighted by Gasteiger charge is 2.14. The molecule has 90 valence electrons. The fourth-order valence-electron chi connectivity index (χ4n) is 1.51. The SMILES string of the molecule is CSC(C)CNC(C)c1c(O)cccc1O. The molecule has 2 atom stereocenters. The lowest BCUT2D eigenvalue weighted by atomic mass is 10.1. The standard InChI is InChI=1S/C12H19NO2S/c1-8(16-3)7-13-9(2)12-10(14)5-4-6-11(12)15/h4-6,8-9,13-15H,7H2,1-3H3. The number of phenols is 2. The molecule has 1 rings (SSSR count). The first-order valence-electron chi connectivity index (χ1n) is 5.33. The van der Waals surface area contributed by atoms with Crippen LogP contribution in [0.3, 0.4) is 0 Å². The third-order valence-corrected chi connectivity index (χ3v) is 3.58. The van der Waals surface area contributed by atoms with Crippen LogP contribution < -0.4 is 5.32 Å². The maximum absolute atomic E-state index is 9.68. The molecule has 4 heteroatoms. The van der Waals surface area contributed by atoms with Crippen LogP contribution in [-0.2, 0) is 0 Å². The molecule has 0 aliphatic carbocycles. The Morgan fingerprint density at radius 1 is 1.25 bits per heavy atom. The van der Waals surface area contributed by atoms with E-state index >= 15 is 0 Å². The van der Waals surface area contributed by atoms with Crippen LogP contribution in [0.4, 0.5) is 0 Å². The Morgan fingerprint density at radius 2 is 1.81 bits per heavy atom. The Labute approximate surface area is 101 Å². The highest BCUT2D eigenvalue weighted by atomic mass is 32.2. The van der Waals surface area contributed by atoms with Crippen molar-refractivity contribution in [3.8, 4) is 11.5 Å². The molecule has 0 aromatic heterocycles. The van der Waals surface area contributed by atoms with Gasteiger partial charge in [-0.3, -0.25) is 0 Å². The second-order valence-electron chi connectivity index (χ2n) is 3.89. The zero-order valence-electron chi connectivity index (χ0n) is 9.90. The van der Waals surface area contributed by atoms with Crippen LogP contribution in [0.25, 0.3) is 0 Å². The van der Waals surface area contributed by atoms with Gasteiger partial charge in [0, 0.05) is 17.8 Å². The van der Waals surface area contributed by atoms with Gasteiger partial charge in [0.1, 0.15) is 11.5 Å². The second-order valence-corrected chi connectivity index (χ2v) is 5.16. The lowest BCUT2D eigenvalue weighted by molar-refractivity contribution is 0.419.